The van der Waals surface area contributed by atoms with E-state index in [1.54, 1.807) is 24.0 Å². The summed E-state index contributed by atoms with van der Waals surface area (Å²) in [5.41, 5.74) is 2.81. The van der Waals surface area contributed by atoms with Crippen molar-refractivity contribution in [1.29, 1.82) is 0 Å². The number of hydrogen-bond acceptors (Lipinski definition) is 4. The number of carbonyl (C=O) groups is 1. The molecule has 1 unspecified atom stereocenters. The lowest BCUT2D eigenvalue weighted by Gasteiger charge is -2.16. The molecule has 1 heterocycles. The number of rotatable bonds is 3. The third-order valence-electron chi connectivity index (χ3n) is 3.77. The molecule has 0 aliphatic carbocycles. The number of non-ortho nitro benzene ring substituents is 1. The number of para-hydroxylation sites is 1. The van der Waals surface area contributed by atoms with Crippen LogP contribution in [0.5, 0.6) is 0 Å². The molecule has 6 heteroatoms. The van der Waals surface area contributed by atoms with E-state index in [9.17, 15) is 14.9 Å². The van der Waals surface area contributed by atoms with Gasteiger partial charge in [0, 0.05) is 30.4 Å². The van der Waals surface area contributed by atoms with Crippen molar-refractivity contribution in [2.75, 3.05) is 16.8 Å². The third-order valence-corrected chi connectivity index (χ3v) is 3.77. The highest BCUT2D eigenvalue weighted by molar-refractivity contribution is 5.94. The second-order valence-corrected chi connectivity index (χ2v) is 5.19. The SMILES string of the molecule is CC(=O)N1CC(Nc2ccc([N+](=O)[O-])cc2)c2ccccc21. The molecule has 1 atom stereocenters. The van der Waals surface area contributed by atoms with Crippen LogP contribution in [0.25, 0.3) is 0 Å². The van der Waals surface area contributed by atoms with Crippen LogP contribution in [0.3, 0.4) is 0 Å². The van der Waals surface area contributed by atoms with Crippen molar-refractivity contribution >= 4 is 23.0 Å². The van der Waals surface area contributed by atoms with E-state index >= 15 is 0 Å². The number of hydrogen-bond donors (Lipinski definition) is 1. The fourth-order valence-electron chi connectivity index (χ4n) is 2.71. The van der Waals surface area contributed by atoms with E-state index < -0.39 is 4.92 Å². The van der Waals surface area contributed by atoms with Crippen LogP contribution in [-0.2, 0) is 4.79 Å². The summed E-state index contributed by atoms with van der Waals surface area (Å²) in [6.45, 7) is 2.09. The number of anilines is 2. The average Bonchev–Trinajstić information content (AvgIpc) is 2.87. The van der Waals surface area contributed by atoms with Crippen LogP contribution in [0.15, 0.2) is 48.5 Å². The second kappa shape index (κ2) is 5.48. The number of nitrogens with one attached hydrogen (secondary N) is 1. The fraction of sp³-hybridized carbons (Fsp3) is 0.188. The molecule has 0 saturated carbocycles. The molecule has 3 rings (SSSR count). The lowest BCUT2D eigenvalue weighted by atomic mass is 10.1. The van der Waals surface area contributed by atoms with Gasteiger partial charge in [-0.3, -0.25) is 14.9 Å². The first-order chi connectivity index (χ1) is 10.6. The van der Waals surface area contributed by atoms with E-state index in [0.29, 0.717) is 6.54 Å². The maximum atomic E-state index is 11.7. The molecule has 0 spiro atoms. The van der Waals surface area contributed by atoms with Crippen molar-refractivity contribution < 1.29 is 9.72 Å². The summed E-state index contributed by atoms with van der Waals surface area (Å²) >= 11 is 0. The largest absolute Gasteiger partial charge is 0.376 e. The molecule has 2 aromatic carbocycles. The molecule has 1 aliphatic heterocycles. The zero-order chi connectivity index (χ0) is 15.7. The van der Waals surface area contributed by atoms with Crippen molar-refractivity contribution in [2.45, 2.75) is 13.0 Å². The van der Waals surface area contributed by atoms with Crippen LogP contribution in [0.4, 0.5) is 17.1 Å². The fourth-order valence-corrected chi connectivity index (χ4v) is 2.71. The number of nitro groups is 1. The van der Waals surface area contributed by atoms with E-state index in [1.165, 1.54) is 12.1 Å². The Morgan fingerprint density at radius 3 is 2.55 bits per heavy atom. The molecule has 112 valence electrons. The average molecular weight is 297 g/mol. The third kappa shape index (κ3) is 2.50. The molecular formula is C16H15N3O3. The Morgan fingerprint density at radius 2 is 1.91 bits per heavy atom. The maximum absolute atomic E-state index is 11.7. The van der Waals surface area contributed by atoms with E-state index in [2.05, 4.69) is 5.32 Å². The minimum atomic E-state index is -0.424. The van der Waals surface area contributed by atoms with Crippen molar-refractivity contribution in [1.82, 2.24) is 0 Å². The number of nitrogens with zero attached hydrogens (tertiary/aromatic N) is 2. The number of amides is 1. The summed E-state index contributed by atoms with van der Waals surface area (Å²) in [6.07, 6.45) is 0. The summed E-state index contributed by atoms with van der Waals surface area (Å²) in [5.74, 6) is 0.000416. The van der Waals surface area contributed by atoms with Crippen LogP contribution >= 0.6 is 0 Å². The smallest absolute Gasteiger partial charge is 0.269 e. The lowest BCUT2D eigenvalue weighted by Crippen LogP contribution is -2.28. The van der Waals surface area contributed by atoms with Gasteiger partial charge < -0.3 is 10.2 Å². The highest BCUT2D eigenvalue weighted by atomic mass is 16.6. The first kappa shape index (κ1) is 14.1. The Hall–Kier alpha value is -2.89. The van der Waals surface area contributed by atoms with Gasteiger partial charge in [-0.25, -0.2) is 0 Å². The molecule has 0 bridgehead atoms. The van der Waals surface area contributed by atoms with Gasteiger partial charge >= 0.3 is 0 Å². The first-order valence-corrected chi connectivity index (χ1v) is 6.94. The topological polar surface area (TPSA) is 75.5 Å². The van der Waals surface area contributed by atoms with Gasteiger partial charge in [-0.2, -0.15) is 0 Å². The minimum Gasteiger partial charge on any atom is -0.376 e. The molecule has 0 fully saturated rings. The van der Waals surface area contributed by atoms with Gasteiger partial charge in [0.2, 0.25) is 5.91 Å². The van der Waals surface area contributed by atoms with Gasteiger partial charge in [0.05, 0.1) is 17.5 Å². The van der Waals surface area contributed by atoms with Gasteiger partial charge in [-0.05, 0) is 23.8 Å². The second-order valence-electron chi connectivity index (χ2n) is 5.19. The maximum Gasteiger partial charge on any atom is 0.269 e. The summed E-state index contributed by atoms with van der Waals surface area (Å²) in [7, 11) is 0. The lowest BCUT2D eigenvalue weighted by molar-refractivity contribution is -0.384. The minimum absolute atomic E-state index is 0.000416. The number of fused-ring (bicyclic) bond motifs is 1. The summed E-state index contributed by atoms with van der Waals surface area (Å²) in [4.78, 5) is 23.7. The Bertz CT molecular complexity index is 728. The number of benzene rings is 2. The number of nitro benzene ring substituents is 1. The zero-order valence-electron chi connectivity index (χ0n) is 12.0. The summed E-state index contributed by atoms with van der Waals surface area (Å²) in [5, 5.41) is 14.0. The molecule has 2 aromatic rings. The van der Waals surface area contributed by atoms with Crippen molar-refractivity contribution in [3.8, 4) is 0 Å². The van der Waals surface area contributed by atoms with Crippen LogP contribution in [0, 0.1) is 10.1 Å². The molecule has 0 radical (unpaired) electrons. The normalized spacial score (nSPS) is 16.2. The monoisotopic (exact) mass is 297 g/mol. The highest BCUT2D eigenvalue weighted by Gasteiger charge is 2.30. The van der Waals surface area contributed by atoms with Gasteiger partial charge in [-0.15, -0.1) is 0 Å². The van der Waals surface area contributed by atoms with Gasteiger partial charge in [0.25, 0.3) is 5.69 Å². The van der Waals surface area contributed by atoms with E-state index in [0.717, 1.165) is 16.9 Å². The van der Waals surface area contributed by atoms with E-state index in [-0.39, 0.29) is 17.6 Å². The molecule has 1 amide bonds. The van der Waals surface area contributed by atoms with Crippen LogP contribution in [0.2, 0.25) is 0 Å². The quantitative estimate of drug-likeness (QED) is 0.697. The Kier molecular flexibility index (Phi) is 3.50. The molecule has 1 aliphatic rings. The van der Waals surface area contributed by atoms with Crippen molar-refractivity contribution in [3.63, 3.8) is 0 Å². The standard InChI is InChI=1S/C16H15N3O3/c1-11(20)18-10-15(14-4-2-3-5-16(14)18)17-12-6-8-13(9-7-12)19(21)22/h2-9,15,17H,10H2,1H3. The van der Waals surface area contributed by atoms with Crippen molar-refractivity contribution in [3.05, 3.63) is 64.2 Å². The van der Waals surface area contributed by atoms with Crippen LogP contribution < -0.4 is 10.2 Å². The van der Waals surface area contributed by atoms with Crippen molar-refractivity contribution in [2.24, 2.45) is 0 Å². The zero-order valence-corrected chi connectivity index (χ0v) is 12.0. The summed E-state index contributed by atoms with van der Waals surface area (Å²) < 4.78 is 0. The Morgan fingerprint density at radius 1 is 1.23 bits per heavy atom. The Labute approximate surface area is 127 Å². The molecule has 22 heavy (non-hydrogen) atoms. The van der Waals surface area contributed by atoms with Gasteiger partial charge in [-0.1, -0.05) is 18.2 Å². The summed E-state index contributed by atoms with van der Waals surface area (Å²) in [6, 6.07) is 14.0. The number of carbonyl (C=O) groups excluding carboxylic acids is 1. The molecular weight excluding hydrogens is 282 g/mol. The van der Waals surface area contributed by atoms with Crippen LogP contribution in [0.1, 0.15) is 18.5 Å². The first-order valence-electron chi connectivity index (χ1n) is 6.94. The predicted molar refractivity (Wildman–Crippen MR) is 83.9 cm³/mol. The molecule has 0 aromatic heterocycles. The van der Waals surface area contributed by atoms with Crippen LogP contribution in [-0.4, -0.2) is 17.4 Å². The van der Waals surface area contributed by atoms with E-state index in [1.807, 2.05) is 24.3 Å². The van der Waals surface area contributed by atoms with E-state index in [4.69, 9.17) is 0 Å². The predicted octanol–water partition coefficient (Wildman–Crippen LogP) is 3.11. The molecule has 6 nitrogen and oxygen atoms in total. The van der Waals surface area contributed by atoms with Gasteiger partial charge in [0.1, 0.15) is 0 Å². The Balaban J connectivity index is 1.84. The highest BCUT2D eigenvalue weighted by Crippen LogP contribution is 2.36. The molecule has 1 N–H and O–H groups in total. The van der Waals surface area contributed by atoms with Gasteiger partial charge in [0.15, 0.2) is 0 Å². The molecule has 0 saturated heterocycles.